The molecule has 0 aromatic heterocycles. The minimum Gasteiger partial charge on any atom is -0.0818 e. The molecule has 0 aliphatic rings. The fraction of sp³-hybridized carbons (Fsp3) is 0. The van der Waals surface area contributed by atoms with Crippen molar-refractivity contribution in [3.8, 4) is 0 Å². The van der Waals surface area contributed by atoms with Crippen molar-refractivity contribution in [3.63, 3.8) is 0 Å². The van der Waals surface area contributed by atoms with Gasteiger partial charge in [0.15, 0.2) is 0 Å². The first-order valence-corrected chi connectivity index (χ1v) is 4.24. The molecule has 0 nitrogen and oxygen atoms in total. The predicted molar refractivity (Wildman–Crippen MR) is 60.3 cm³/mol. The van der Waals surface area contributed by atoms with Crippen LogP contribution in [0.2, 0.25) is 0 Å². The molecule has 0 heterocycles. The molecule has 56 valence electrons. The summed E-state index contributed by atoms with van der Waals surface area (Å²) in [6.07, 6.45) is 0. The van der Waals surface area contributed by atoms with Gasteiger partial charge in [-0.25, -0.2) is 0 Å². The Morgan fingerprint density at radius 3 is 1.67 bits per heavy atom. The van der Waals surface area contributed by atoms with Gasteiger partial charge >= 0.3 is 0 Å². The average molecular weight is 152 g/mol. The topological polar surface area (TPSA) is 0 Å². The van der Waals surface area contributed by atoms with Crippen LogP contribution in [0.1, 0.15) is 0 Å². The Balaban J connectivity index is 2.96. The van der Waals surface area contributed by atoms with E-state index in [2.05, 4.69) is 52.1 Å². The van der Waals surface area contributed by atoms with E-state index in [-0.39, 0.29) is 0 Å². The highest BCUT2D eigenvalue weighted by molar-refractivity contribution is 6.47. The van der Waals surface area contributed by atoms with Crippen LogP contribution in [0.4, 0.5) is 0 Å². The molecule has 0 bridgehead atoms. The monoisotopic (exact) mass is 152 g/mol. The van der Waals surface area contributed by atoms with Crippen LogP contribution in [0.15, 0.2) is 36.4 Å². The lowest BCUT2D eigenvalue weighted by atomic mass is 9.82. The number of hydrogen-bond donors (Lipinski definition) is 0. The van der Waals surface area contributed by atoms with Crippen LogP contribution in [0.3, 0.4) is 0 Å². The molecule has 2 heteroatoms. The van der Waals surface area contributed by atoms with Crippen molar-refractivity contribution in [2.24, 2.45) is 0 Å². The molecule has 0 radical (unpaired) electrons. The summed E-state index contributed by atoms with van der Waals surface area (Å²) in [6, 6.07) is 12.9. The third-order valence-electron chi connectivity index (χ3n) is 2.32. The summed E-state index contributed by atoms with van der Waals surface area (Å²) >= 11 is 0. The molecule has 2 rings (SSSR count). The zero-order valence-corrected chi connectivity index (χ0v) is 7.46. The minimum atomic E-state index is 1.34. The van der Waals surface area contributed by atoms with Crippen LogP contribution in [-0.2, 0) is 0 Å². The summed E-state index contributed by atoms with van der Waals surface area (Å²) in [5, 5.41) is 2.75. The SMILES string of the molecule is Bc1cccc2cccc(B)c12. The first-order valence-electron chi connectivity index (χ1n) is 4.24. The van der Waals surface area contributed by atoms with E-state index >= 15 is 0 Å². The molecule has 0 N–H and O–H groups in total. The molecule has 2 aromatic carbocycles. The third-order valence-corrected chi connectivity index (χ3v) is 2.32. The smallest absolute Gasteiger partial charge is 0.0818 e. The van der Waals surface area contributed by atoms with Crippen molar-refractivity contribution in [1.82, 2.24) is 0 Å². The predicted octanol–water partition coefficient (Wildman–Crippen LogP) is -0.643. The lowest BCUT2D eigenvalue weighted by molar-refractivity contribution is 1.82. The summed E-state index contributed by atoms with van der Waals surface area (Å²) in [5.41, 5.74) is 2.73. The summed E-state index contributed by atoms with van der Waals surface area (Å²) in [6.45, 7) is 0. The van der Waals surface area contributed by atoms with Gasteiger partial charge in [0.1, 0.15) is 15.7 Å². The maximum Gasteiger partial charge on any atom is 0.140 e. The first-order chi connectivity index (χ1) is 5.79. The van der Waals surface area contributed by atoms with E-state index < -0.39 is 0 Å². The molecule has 0 saturated carbocycles. The van der Waals surface area contributed by atoms with Crippen molar-refractivity contribution in [2.45, 2.75) is 0 Å². The molecule has 0 aliphatic carbocycles. The van der Waals surface area contributed by atoms with E-state index in [9.17, 15) is 0 Å². The van der Waals surface area contributed by atoms with E-state index in [0.29, 0.717) is 0 Å². The second-order valence-corrected chi connectivity index (χ2v) is 3.25. The number of fused-ring (bicyclic) bond motifs is 1. The maximum atomic E-state index is 2.16. The van der Waals surface area contributed by atoms with Gasteiger partial charge in [-0.1, -0.05) is 47.3 Å². The van der Waals surface area contributed by atoms with Gasteiger partial charge < -0.3 is 0 Å². The Bertz CT molecular complexity index is 384. The maximum absolute atomic E-state index is 2.16. The van der Waals surface area contributed by atoms with Crippen molar-refractivity contribution in [3.05, 3.63) is 36.4 Å². The average Bonchev–Trinajstić information content (AvgIpc) is 2.04. The normalized spacial score (nSPS) is 10.3. The van der Waals surface area contributed by atoms with Gasteiger partial charge in [0, 0.05) is 0 Å². The molecule has 0 saturated heterocycles. The second kappa shape index (κ2) is 2.71. The van der Waals surface area contributed by atoms with Crippen molar-refractivity contribution in [2.75, 3.05) is 0 Å². The zero-order chi connectivity index (χ0) is 8.55. The molecule has 0 aliphatic heterocycles. The molecular formula is C10H10B2. The molecule has 0 spiro atoms. The molecule has 0 fully saturated rings. The molecule has 0 atom stereocenters. The van der Waals surface area contributed by atoms with Gasteiger partial charge in [-0.3, -0.25) is 0 Å². The number of hydrogen-bond acceptors (Lipinski definition) is 0. The lowest BCUT2D eigenvalue weighted by Gasteiger charge is -2.04. The third kappa shape index (κ3) is 1.04. The van der Waals surface area contributed by atoms with E-state index in [0.717, 1.165) is 0 Å². The zero-order valence-electron chi connectivity index (χ0n) is 7.46. The Morgan fingerprint density at radius 2 is 1.25 bits per heavy atom. The Morgan fingerprint density at radius 1 is 0.750 bits per heavy atom. The first kappa shape index (κ1) is 7.48. The van der Waals surface area contributed by atoms with Gasteiger partial charge in [0.25, 0.3) is 0 Å². The Kier molecular flexibility index (Phi) is 1.69. The summed E-state index contributed by atoms with van der Waals surface area (Å²) in [4.78, 5) is 0. The van der Waals surface area contributed by atoms with Crippen molar-refractivity contribution < 1.29 is 0 Å². The highest BCUT2D eigenvalue weighted by Gasteiger charge is 1.97. The van der Waals surface area contributed by atoms with Crippen LogP contribution in [-0.4, -0.2) is 15.7 Å². The van der Waals surface area contributed by atoms with Gasteiger partial charge in [0.05, 0.1) is 0 Å². The van der Waals surface area contributed by atoms with Crippen LogP contribution < -0.4 is 10.9 Å². The van der Waals surface area contributed by atoms with E-state index in [1.165, 1.54) is 21.7 Å². The van der Waals surface area contributed by atoms with Crippen molar-refractivity contribution >= 4 is 37.4 Å². The van der Waals surface area contributed by atoms with Gasteiger partial charge in [-0.2, -0.15) is 0 Å². The van der Waals surface area contributed by atoms with Crippen LogP contribution >= 0.6 is 0 Å². The largest absolute Gasteiger partial charge is 0.140 e. The van der Waals surface area contributed by atoms with Crippen LogP contribution in [0.5, 0.6) is 0 Å². The standard InChI is InChI=1S/C10H10B2/c11-8-5-1-3-7-4-2-6-9(12)10(7)8/h1-6H,11-12H2. The fourth-order valence-electron chi connectivity index (χ4n) is 1.75. The minimum absolute atomic E-state index is 1.34. The summed E-state index contributed by atoms with van der Waals surface area (Å²) < 4.78 is 0. The van der Waals surface area contributed by atoms with Gasteiger partial charge in [0.2, 0.25) is 0 Å². The summed E-state index contributed by atoms with van der Waals surface area (Å²) in [5.74, 6) is 0. The van der Waals surface area contributed by atoms with Crippen LogP contribution in [0, 0.1) is 0 Å². The molecule has 0 amide bonds. The van der Waals surface area contributed by atoms with Crippen molar-refractivity contribution in [1.29, 1.82) is 0 Å². The van der Waals surface area contributed by atoms with E-state index in [1.54, 1.807) is 0 Å². The molecule has 12 heavy (non-hydrogen) atoms. The van der Waals surface area contributed by atoms with Gasteiger partial charge in [-0.05, 0) is 10.8 Å². The number of benzene rings is 2. The molecule has 2 aromatic rings. The molecular weight excluding hydrogens is 142 g/mol. The highest BCUT2D eigenvalue weighted by Crippen LogP contribution is 2.06. The van der Waals surface area contributed by atoms with E-state index in [4.69, 9.17) is 0 Å². The quantitative estimate of drug-likeness (QED) is 0.440. The summed E-state index contributed by atoms with van der Waals surface area (Å²) in [7, 11) is 4.32. The lowest BCUT2D eigenvalue weighted by Crippen LogP contribution is -2.14. The van der Waals surface area contributed by atoms with Crippen LogP contribution in [0.25, 0.3) is 10.8 Å². The Labute approximate surface area is 74.4 Å². The van der Waals surface area contributed by atoms with Gasteiger partial charge in [-0.15, -0.1) is 0 Å². The second-order valence-electron chi connectivity index (χ2n) is 3.25. The Hall–Kier alpha value is -1.17. The number of rotatable bonds is 0. The van der Waals surface area contributed by atoms with E-state index in [1.807, 2.05) is 0 Å². The highest BCUT2D eigenvalue weighted by atomic mass is 14.0. The fourth-order valence-corrected chi connectivity index (χ4v) is 1.75. The molecule has 0 unspecified atom stereocenters.